The number of ether oxygens (including phenoxy) is 2. The molecule has 2 aromatic heterocycles. The Labute approximate surface area is 154 Å². The van der Waals surface area contributed by atoms with Crippen molar-refractivity contribution in [3.8, 4) is 11.5 Å². The number of benzene rings is 1. The third kappa shape index (κ3) is 3.65. The Morgan fingerprint density at radius 2 is 1.93 bits per heavy atom. The Balaban J connectivity index is 1.81. The number of nitrogens with one attached hydrogen (secondary N) is 2. The molecule has 0 spiro atoms. The summed E-state index contributed by atoms with van der Waals surface area (Å²) in [5.74, 6) is 1.65. The van der Waals surface area contributed by atoms with E-state index in [4.69, 9.17) is 9.47 Å². The van der Waals surface area contributed by atoms with Crippen molar-refractivity contribution in [3.05, 3.63) is 45.1 Å². The van der Waals surface area contributed by atoms with Crippen molar-refractivity contribution < 1.29 is 14.6 Å². The van der Waals surface area contributed by atoms with Gasteiger partial charge in [0.15, 0.2) is 11.2 Å². The second-order valence-corrected chi connectivity index (χ2v) is 5.93. The number of imidazole rings is 1. The lowest BCUT2D eigenvalue weighted by Crippen LogP contribution is -2.30. The summed E-state index contributed by atoms with van der Waals surface area (Å²) in [7, 11) is 4.73. The van der Waals surface area contributed by atoms with E-state index < -0.39 is 17.4 Å². The first-order chi connectivity index (χ1) is 12.9. The highest BCUT2D eigenvalue weighted by Crippen LogP contribution is 2.18. The minimum atomic E-state index is -0.909. The van der Waals surface area contributed by atoms with Crippen LogP contribution in [-0.2, 0) is 13.6 Å². The van der Waals surface area contributed by atoms with Gasteiger partial charge in [-0.3, -0.25) is 14.3 Å². The fourth-order valence-electron chi connectivity index (χ4n) is 2.73. The van der Waals surface area contributed by atoms with Gasteiger partial charge in [-0.05, 0) is 24.3 Å². The Bertz CT molecular complexity index is 1050. The van der Waals surface area contributed by atoms with E-state index in [1.54, 1.807) is 38.4 Å². The molecule has 0 saturated heterocycles. The number of aromatic amines is 1. The zero-order chi connectivity index (χ0) is 19.6. The summed E-state index contributed by atoms with van der Waals surface area (Å²) in [6.45, 7) is 0.0724. The lowest BCUT2D eigenvalue weighted by molar-refractivity contribution is 0.0938. The van der Waals surface area contributed by atoms with E-state index >= 15 is 0 Å². The molecule has 144 valence electrons. The maximum absolute atomic E-state index is 12.2. The summed E-state index contributed by atoms with van der Waals surface area (Å²) in [6.07, 6.45) is -0.909. The molecule has 0 aliphatic heterocycles. The van der Waals surface area contributed by atoms with Crippen LogP contribution in [0.25, 0.3) is 11.2 Å². The normalized spacial score (nSPS) is 12.1. The van der Waals surface area contributed by atoms with Crippen molar-refractivity contribution in [1.29, 1.82) is 0 Å². The van der Waals surface area contributed by atoms with Crippen LogP contribution in [0.2, 0.25) is 0 Å². The molecule has 1 aromatic carbocycles. The number of fused-ring (bicyclic) bond motifs is 1. The Hall–Kier alpha value is -3.27. The fraction of sp³-hybridized carbons (Fsp3) is 0.353. The minimum absolute atomic E-state index is 0.0127. The van der Waals surface area contributed by atoms with E-state index in [9.17, 15) is 14.7 Å². The van der Waals surface area contributed by atoms with Gasteiger partial charge in [-0.25, -0.2) is 4.79 Å². The van der Waals surface area contributed by atoms with Crippen LogP contribution < -0.4 is 26.0 Å². The Morgan fingerprint density at radius 1 is 1.26 bits per heavy atom. The second kappa shape index (κ2) is 7.54. The smallest absolute Gasteiger partial charge is 0.329 e. The quantitative estimate of drug-likeness (QED) is 0.527. The first kappa shape index (κ1) is 18.5. The molecular formula is C17H21N5O5. The van der Waals surface area contributed by atoms with Crippen molar-refractivity contribution >= 4 is 17.1 Å². The molecule has 0 aliphatic carbocycles. The van der Waals surface area contributed by atoms with E-state index in [0.29, 0.717) is 17.4 Å². The summed E-state index contributed by atoms with van der Waals surface area (Å²) in [6, 6.07) is 6.98. The molecule has 0 saturated carbocycles. The monoisotopic (exact) mass is 375 g/mol. The first-order valence-electron chi connectivity index (χ1n) is 8.26. The van der Waals surface area contributed by atoms with Gasteiger partial charge in [0.2, 0.25) is 5.95 Å². The molecule has 0 radical (unpaired) electrons. The number of anilines is 1. The highest BCUT2D eigenvalue weighted by Gasteiger charge is 2.19. The third-order valence-corrected chi connectivity index (χ3v) is 4.13. The number of nitrogens with zero attached hydrogens (tertiary/aromatic N) is 3. The van der Waals surface area contributed by atoms with Gasteiger partial charge in [-0.15, -0.1) is 0 Å². The third-order valence-electron chi connectivity index (χ3n) is 4.13. The first-order valence-corrected chi connectivity index (χ1v) is 8.26. The standard InChI is InChI=1S/C17H21N5O5/c1-18-16-19-14-13(15(24)20-17(25)21(14)2)22(16)8-10(23)9-27-12-6-4-11(26-3)5-7-12/h4-7,10,23H,8-9H2,1-3H3,(H,18,19)(H,20,24,25)/t10-/m1/s1. The van der Waals surface area contributed by atoms with Crippen LogP contribution >= 0.6 is 0 Å². The summed E-state index contributed by atoms with van der Waals surface area (Å²) in [4.78, 5) is 30.5. The molecule has 0 amide bonds. The number of aromatic nitrogens is 4. The molecule has 3 rings (SSSR count). The Morgan fingerprint density at radius 3 is 2.56 bits per heavy atom. The number of aryl methyl sites for hydroxylation is 1. The predicted molar refractivity (Wildman–Crippen MR) is 99.6 cm³/mol. The average Bonchev–Trinajstić information content (AvgIpc) is 3.04. The van der Waals surface area contributed by atoms with Gasteiger partial charge < -0.3 is 24.5 Å². The van der Waals surface area contributed by atoms with E-state index in [0.717, 1.165) is 0 Å². The fourth-order valence-corrected chi connectivity index (χ4v) is 2.73. The van der Waals surface area contributed by atoms with Gasteiger partial charge in [0, 0.05) is 14.1 Å². The zero-order valence-electron chi connectivity index (χ0n) is 15.2. The molecule has 0 fully saturated rings. The molecule has 0 bridgehead atoms. The van der Waals surface area contributed by atoms with Gasteiger partial charge in [0.1, 0.15) is 24.2 Å². The topological polar surface area (TPSA) is 123 Å². The summed E-state index contributed by atoms with van der Waals surface area (Å²) in [5.41, 5.74) is -0.685. The molecule has 3 aromatic rings. The van der Waals surface area contributed by atoms with Crippen LogP contribution in [-0.4, -0.2) is 51.1 Å². The lowest BCUT2D eigenvalue weighted by atomic mass is 10.3. The number of hydrogen-bond donors (Lipinski definition) is 3. The van der Waals surface area contributed by atoms with Gasteiger partial charge in [0.05, 0.1) is 13.7 Å². The van der Waals surface area contributed by atoms with Gasteiger partial charge >= 0.3 is 5.69 Å². The second-order valence-electron chi connectivity index (χ2n) is 5.93. The maximum Gasteiger partial charge on any atom is 0.329 e. The average molecular weight is 375 g/mol. The summed E-state index contributed by atoms with van der Waals surface area (Å²) >= 11 is 0. The highest BCUT2D eigenvalue weighted by molar-refractivity contribution is 5.74. The number of aliphatic hydroxyl groups excluding tert-OH is 1. The largest absolute Gasteiger partial charge is 0.497 e. The van der Waals surface area contributed by atoms with E-state index in [1.807, 2.05) is 0 Å². The SMILES string of the molecule is CNc1nc2c(c(=O)[nH]c(=O)n2C)n1C[C@@H](O)COc1ccc(OC)cc1. The Kier molecular flexibility index (Phi) is 5.17. The van der Waals surface area contributed by atoms with Gasteiger partial charge in [0.25, 0.3) is 5.56 Å². The van der Waals surface area contributed by atoms with Crippen LogP contribution in [0.5, 0.6) is 11.5 Å². The van der Waals surface area contributed by atoms with Gasteiger partial charge in [-0.1, -0.05) is 0 Å². The molecular weight excluding hydrogens is 354 g/mol. The lowest BCUT2D eigenvalue weighted by Gasteiger charge is -2.15. The van der Waals surface area contributed by atoms with Crippen LogP contribution in [0.1, 0.15) is 0 Å². The summed E-state index contributed by atoms with van der Waals surface area (Å²) < 4.78 is 13.4. The van der Waals surface area contributed by atoms with Crippen LogP contribution in [0.15, 0.2) is 33.9 Å². The van der Waals surface area contributed by atoms with Crippen molar-refractivity contribution in [1.82, 2.24) is 19.1 Å². The summed E-state index contributed by atoms with van der Waals surface area (Å²) in [5, 5.41) is 13.2. The highest BCUT2D eigenvalue weighted by atomic mass is 16.5. The minimum Gasteiger partial charge on any atom is -0.497 e. The van der Waals surface area contributed by atoms with Crippen LogP contribution in [0.4, 0.5) is 5.95 Å². The number of aliphatic hydroxyl groups is 1. The van der Waals surface area contributed by atoms with Crippen molar-refractivity contribution in [2.45, 2.75) is 12.6 Å². The number of H-pyrrole nitrogens is 1. The van der Waals surface area contributed by atoms with Crippen molar-refractivity contribution in [3.63, 3.8) is 0 Å². The molecule has 27 heavy (non-hydrogen) atoms. The molecule has 10 nitrogen and oxygen atoms in total. The maximum atomic E-state index is 12.2. The van der Waals surface area contributed by atoms with E-state index in [-0.39, 0.29) is 24.3 Å². The molecule has 0 unspecified atom stereocenters. The van der Waals surface area contributed by atoms with Crippen LogP contribution in [0.3, 0.4) is 0 Å². The molecule has 1 atom stereocenters. The van der Waals surface area contributed by atoms with Crippen molar-refractivity contribution in [2.75, 3.05) is 26.1 Å². The molecule has 2 heterocycles. The number of methoxy groups -OCH3 is 1. The molecule has 10 heteroatoms. The molecule has 0 aliphatic rings. The van der Waals surface area contributed by atoms with Crippen LogP contribution in [0, 0.1) is 0 Å². The van der Waals surface area contributed by atoms with Gasteiger partial charge in [-0.2, -0.15) is 4.98 Å². The van der Waals surface area contributed by atoms with E-state index in [2.05, 4.69) is 15.3 Å². The van der Waals surface area contributed by atoms with E-state index in [1.165, 1.54) is 16.2 Å². The number of rotatable bonds is 7. The predicted octanol–water partition coefficient (Wildman–Crippen LogP) is -0.0865. The van der Waals surface area contributed by atoms with Crippen molar-refractivity contribution in [2.24, 2.45) is 7.05 Å². The number of hydrogen-bond acceptors (Lipinski definition) is 7. The molecule has 3 N–H and O–H groups in total. The zero-order valence-corrected chi connectivity index (χ0v) is 15.2.